The van der Waals surface area contributed by atoms with Crippen LogP contribution in [0.1, 0.15) is 17.7 Å². The van der Waals surface area contributed by atoms with Gasteiger partial charge in [-0.25, -0.2) is 4.98 Å². The molecule has 2 aromatic heterocycles. The van der Waals surface area contributed by atoms with Crippen LogP contribution in [0.2, 0.25) is 0 Å². The summed E-state index contributed by atoms with van der Waals surface area (Å²) in [5.74, 6) is 1.71. The van der Waals surface area contributed by atoms with Gasteiger partial charge in [0.1, 0.15) is 11.3 Å². The average Bonchev–Trinajstić information content (AvgIpc) is 3.29. The Labute approximate surface area is 164 Å². The summed E-state index contributed by atoms with van der Waals surface area (Å²) < 4.78 is 8.14. The lowest BCUT2D eigenvalue weighted by molar-refractivity contribution is 0.534. The van der Waals surface area contributed by atoms with Gasteiger partial charge in [0.05, 0.1) is 23.9 Å². The van der Waals surface area contributed by atoms with E-state index in [-0.39, 0.29) is 0 Å². The molecule has 0 aliphatic rings. The van der Waals surface area contributed by atoms with Crippen molar-refractivity contribution < 1.29 is 4.42 Å². The fourth-order valence-corrected chi connectivity index (χ4v) is 3.42. The summed E-state index contributed by atoms with van der Waals surface area (Å²) in [6.45, 7) is 4.43. The largest absolute Gasteiger partial charge is 0.459 e. The molecule has 0 amide bonds. The Bertz CT molecular complexity index is 1110. The third-order valence-corrected chi connectivity index (χ3v) is 4.98. The zero-order valence-electron chi connectivity index (χ0n) is 16.3. The molecule has 2 aromatic carbocycles. The second-order valence-electron chi connectivity index (χ2n) is 6.78. The highest BCUT2D eigenvalue weighted by Crippen LogP contribution is 2.24. The number of guanidine groups is 1. The topological polar surface area (TPSA) is 67.4 Å². The molecule has 6 nitrogen and oxygen atoms in total. The number of imidazole rings is 1. The van der Waals surface area contributed by atoms with Gasteiger partial charge in [-0.2, -0.15) is 0 Å². The van der Waals surface area contributed by atoms with Crippen LogP contribution in [0, 0.1) is 6.92 Å². The number of para-hydroxylation sites is 3. The van der Waals surface area contributed by atoms with E-state index in [4.69, 9.17) is 4.42 Å². The zero-order valence-corrected chi connectivity index (χ0v) is 16.3. The molecular formula is C22H25N5O. The van der Waals surface area contributed by atoms with Crippen LogP contribution >= 0.6 is 0 Å². The van der Waals surface area contributed by atoms with Gasteiger partial charge < -0.3 is 19.6 Å². The number of aliphatic imine (C=N–C) groups is 1. The van der Waals surface area contributed by atoms with Crippen LogP contribution in [0.4, 0.5) is 0 Å². The second-order valence-corrected chi connectivity index (χ2v) is 6.78. The Morgan fingerprint density at radius 3 is 2.79 bits per heavy atom. The van der Waals surface area contributed by atoms with Crippen LogP contribution in [-0.4, -0.2) is 29.1 Å². The lowest BCUT2D eigenvalue weighted by Crippen LogP contribution is -2.37. The van der Waals surface area contributed by atoms with Crippen molar-refractivity contribution >= 4 is 28.0 Å². The summed E-state index contributed by atoms with van der Waals surface area (Å²) in [5.41, 5.74) is 4.30. The highest BCUT2D eigenvalue weighted by atomic mass is 16.3. The second kappa shape index (κ2) is 8.17. The van der Waals surface area contributed by atoms with Crippen LogP contribution in [0.3, 0.4) is 0 Å². The molecule has 0 fully saturated rings. The molecule has 2 N–H and O–H groups in total. The van der Waals surface area contributed by atoms with Crippen molar-refractivity contribution in [2.75, 3.05) is 13.6 Å². The Balaban J connectivity index is 1.28. The van der Waals surface area contributed by atoms with E-state index in [0.717, 1.165) is 47.7 Å². The number of aryl methyl sites for hydroxylation is 2. The molecule has 0 aliphatic carbocycles. The summed E-state index contributed by atoms with van der Waals surface area (Å²) in [6.07, 6.45) is 2.88. The zero-order chi connectivity index (χ0) is 19.3. The van der Waals surface area contributed by atoms with E-state index < -0.39 is 0 Å². The van der Waals surface area contributed by atoms with E-state index in [2.05, 4.69) is 44.2 Å². The van der Waals surface area contributed by atoms with E-state index >= 15 is 0 Å². The van der Waals surface area contributed by atoms with Gasteiger partial charge in [0, 0.05) is 31.1 Å². The first-order valence-corrected chi connectivity index (χ1v) is 9.57. The SMILES string of the molecule is CN=C(NCCCn1cnc2ccccc21)NCc1oc2ccccc2c1C. The molecule has 4 rings (SSSR count). The third kappa shape index (κ3) is 3.71. The summed E-state index contributed by atoms with van der Waals surface area (Å²) in [5, 5.41) is 7.87. The molecular weight excluding hydrogens is 350 g/mol. The van der Waals surface area contributed by atoms with Gasteiger partial charge in [-0.15, -0.1) is 0 Å². The van der Waals surface area contributed by atoms with E-state index in [9.17, 15) is 0 Å². The van der Waals surface area contributed by atoms with E-state index in [1.165, 1.54) is 11.1 Å². The molecule has 0 aliphatic heterocycles. The fourth-order valence-electron chi connectivity index (χ4n) is 3.42. The summed E-state index contributed by atoms with van der Waals surface area (Å²) >= 11 is 0. The van der Waals surface area contributed by atoms with E-state index in [0.29, 0.717) is 6.54 Å². The Morgan fingerprint density at radius 1 is 1.11 bits per heavy atom. The predicted octanol–water partition coefficient (Wildman–Crippen LogP) is 3.85. The van der Waals surface area contributed by atoms with Gasteiger partial charge in [0.2, 0.25) is 0 Å². The number of nitrogens with one attached hydrogen (secondary N) is 2. The van der Waals surface area contributed by atoms with Gasteiger partial charge in [-0.1, -0.05) is 30.3 Å². The van der Waals surface area contributed by atoms with Gasteiger partial charge in [-0.3, -0.25) is 4.99 Å². The molecule has 0 saturated carbocycles. The first kappa shape index (κ1) is 18.1. The molecule has 2 heterocycles. The molecule has 144 valence electrons. The van der Waals surface area contributed by atoms with Gasteiger partial charge in [0.25, 0.3) is 0 Å². The molecule has 0 saturated heterocycles. The van der Waals surface area contributed by atoms with Crippen LogP contribution in [0.5, 0.6) is 0 Å². The average molecular weight is 375 g/mol. The smallest absolute Gasteiger partial charge is 0.191 e. The number of furan rings is 1. The highest BCUT2D eigenvalue weighted by Gasteiger charge is 2.10. The summed E-state index contributed by atoms with van der Waals surface area (Å²) in [6, 6.07) is 16.3. The summed E-state index contributed by atoms with van der Waals surface area (Å²) in [7, 11) is 1.78. The van der Waals surface area contributed by atoms with Gasteiger partial charge in [-0.05, 0) is 31.5 Å². The predicted molar refractivity (Wildman–Crippen MR) is 114 cm³/mol. The van der Waals surface area contributed by atoms with Crippen LogP contribution in [0.15, 0.2) is 64.3 Å². The van der Waals surface area contributed by atoms with Crippen molar-refractivity contribution in [3.05, 3.63) is 66.2 Å². The maximum absolute atomic E-state index is 5.95. The standard InChI is InChI=1S/C22H25N5O/c1-16-17-8-3-6-11-20(17)28-21(16)14-25-22(23-2)24-12-7-13-27-15-26-18-9-4-5-10-19(18)27/h3-6,8-11,15H,7,12-14H2,1-2H3,(H2,23,24,25). The number of rotatable bonds is 6. The van der Waals surface area contributed by atoms with Crippen LogP contribution < -0.4 is 10.6 Å². The lowest BCUT2D eigenvalue weighted by Gasteiger charge is -2.11. The maximum Gasteiger partial charge on any atom is 0.191 e. The molecule has 6 heteroatoms. The number of aromatic nitrogens is 2. The Morgan fingerprint density at radius 2 is 1.93 bits per heavy atom. The molecule has 28 heavy (non-hydrogen) atoms. The fraction of sp³-hybridized carbons (Fsp3) is 0.273. The number of nitrogens with zero attached hydrogens (tertiary/aromatic N) is 3. The minimum absolute atomic E-state index is 0.604. The monoisotopic (exact) mass is 375 g/mol. The van der Waals surface area contributed by atoms with Crippen molar-refractivity contribution in [2.45, 2.75) is 26.4 Å². The molecule has 0 bridgehead atoms. The first-order chi connectivity index (χ1) is 13.8. The van der Waals surface area contributed by atoms with Crippen molar-refractivity contribution in [1.82, 2.24) is 20.2 Å². The van der Waals surface area contributed by atoms with Crippen molar-refractivity contribution in [2.24, 2.45) is 4.99 Å². The lowest BCUT2D eigenvalue weighted by atomic mass is 10.1. The first-order valence-electron chi connectivity index (χ1n) is 9.57. The molecule has 0 radical (unpaired) electrons. The Kier molecular flexibility index (Phi) is 5.28. The number of hydrogen-bond donors (Lipinski definition) is 2. The summed E-state index contributed by atoms with van der Waals surface area (Å²) in [4.78, 5) is 8.74. The Hall–Kier alpha value is -3.28. The van der Waals surface area contributed by atoms with E-state index in [1.54, 1.807) is 7.05 Å². The van der Waals surface area contributed by atoms with Crippen molar-refractivity contribution in [3.8, 4) is 0 Å². The van der Waals surface area contributed by atoms with Crippen LogP contribution in [0.25, 0.3) is 22.0 Å². The van der Waals surface area contributed by atoms with Crippen LogP contribution in [-0.2, 0) is 13.1 Å². The number of fused-ring (bicyclic) bond motifs is 2. The van der Waals surface area contributed by atoms with Crippen molar-refractivity contribution in [3.63, 3.8) is 0 Å². The molecule has 0 spiro atoms. The number of benzene rings is 2. The highest BCUT2D eigenvalue weighted by molar-refractivity contribution is 5.83. The quantitative estimate of drug-likeness (QED) is 0.305. The molecule has 0 atom stereocenters. The minimum Gasteiger partial charge on any atom is -0.459 e. The van der Waals surface area contributed by atoms with Gasteiger partial charge >= 0.3 is 0 Å². The van der Waals surface area contributed by atoms with E-state index in [1.807, 2.05) is 42.7 Å². The third-order valence-electron chi connectivity index (χ3n) is 4.98. The maximum atomic E-state index is 5.95. The number of hydrogen-bond acceptors (Lipinski definition) is 3. The minimum atomic E-state index is 0.604. The molecule has 0 unspecified atom stereocenters. The normalized spacial score (nSPS) is 12.0. The molecule has 4 aromatic rings. The van der Waals surface area contributed by atoms with Crippen molar-refractivity contribution in [1.29, 1.82) is 0 Å². The van der Waals surface area contributed by atoms with Gasteiger partial charge in [0.15, 0.2) is 5.96 Å².